The van der Waals surface area contributed by atoms with Gasteiger partial charge in [0.05, 0.1) is 13.2 Å². The lowest BCUT2D eigenvalue weighted by Crippen LogP contribution is -2.36. The molecule has 0 aliphatic carbocycles. The van der Waals surface area contributed by atoms with Crippen molar-refractivity contribution in [3.05, 3.63) is 29.8 Å². The van der Waals surface area contributed by atoms with Gasteiger partial charge in [0.25, 0.3) is 0 Å². The van der Waals surface area contributed by atoms with Gasteiger partial charge in [-0.05, 0) is 31.9 Å². The normalized spacial score (nSPS) is 11.1. The van der Waals surface area contributed by atoms with E-state index in [1.54, 1.807) is 0 Å². The average Bonchev–Trinajstić information content (AvgIpc) is 2.40. The second-order valence-corrected chi connectivity index (χ2v) is 5.27. The van der Waals surface area contributed by atoms with Gasteiger partial charge in [0.15, 0.2) is 0 Å². The summed E-state index contributed by atoms with van der Waals surface area (Å²) < 4.78 is 5.22. The zero-order valence-electron chi connectivity index (χ0n) is 12.8. The first kappa shape index (κ1) is 16.5. The van der Waals surface area contributed by atoms with Crippen LogP contribution in [0.15, 0.2) is 24.3 Å². The number of nitrogens with zero attached hydrogens (tertiary/aromatic N) is 1. The molecule has 0 saturated heterocycles. The summed E-state index contributed by atoms with van der Waals surface area (Å²) in [4.78, 5) is 13.9. The number of para-hydroxylation sites is 1. The molecule has 0 fully saturated rings. The number of unbranched alkanes of at least 4 members (excludes halogenated alkanes) is 1. The Balaban J connectivity index is 2.57. The maximum Gasteiger partial charge on any atom is 0.320 e. The molecule has 1 aromatic carbocycles. The summed E-state index contributed by atoms with van der Waals surface area (Å²) in [7, 11) is 0. The van der Waals surface area contributed by atoms with E-state index in [2.05, 4.69) is 25.7 Å². The highest BCUT2D eigenvalue weighted by Gasteiger charge is 2.16. The third-order valence-electron chi connectivity index (χ3n) is 3.25. The van der Waals surface area contributed by atoms with Gasteiger partial charge < -0.3 is 10.5 Å². The van der Waals surface area contributed by atoms with Crippen LogP contribution in [-0.4, -0.2) is 30.1 Å². The molecule has 0 spiro atoms. The molecule has 0 unspecified atom stereocenters. The molecule has 0 aliphatic rings. The number of carbonyl (C=O) groups is 1. The summed E-state index contributed by atoms with van der Waals surface area (Å²) >= 11 is 0. The first-order chi connectivity index (χ1) is 9.54. The lowest BCUT2D eigenvalue weighted by atomic mass is 10.1. The van der Waals surface area contributed by atoms with Gasteiger partial charge in [-0.1, -0.05) is 31.5 Å². The van der Waals surface area contributed by atoms with Crippen LogP contribution in [-0.2, 0) is 16.1 Å². The molecule has 0 bridgehead atoms. The van der Waals surface area contributed by atoms with Gasteiger partial charge >= 0.3 is 5.97 Å². The number of carbonyl (C=O) groups excluding carboxylic acids is 1. The molecule has 4 heteroatoms. The molecule has 0 saturated carbocycles. The molecule has 1 rings (SSSR count). The Kier molecular flexibility index (Phi) is 7.09. The molecule has 2 N–H and O–H groups in total. The summed E-state index contributed by atoms with van der Waals surface area (Å²) in [6, 6.07) is 8.01. The van der Waals surface area contributed by atoms with Crippen LogP contribution < -0.4 is 5.73 Å². The number of nitrogen functional groups attached to an aromatic ring is 1. The molecule has 0 aliphatic heterocycles. The molecular weight excluding hydrogens is 252 g/mol. The van der Waals surface area contributed by atoms with Gasteiger partial charge in [-0.3, -0.25) is 9.69 Å². The number of benzene rings is 1. The van der Waals surface area contributed by atoms with Gasteiger partial charge in [0, 0.05) is 18.3 Å². The fourth-order valence-electron chi connectivity index (χ4n) is 1.86. The van der Waals surface area contributed by atoms with Crippen LogP contribution in [0, 0.1) is 0 Å². The van der Waals surface area contributed by atoms with Crippen molar-refractivity contribution in [2.75, 3.05) is 18.9 Å². The van der Waals surface area contributed by atoms with Crippen LogP contribution in [0.5, 0.6) is 0 Å². The fraction of sp³-hybridized carbons (Fsp3) is 0.562. The molecule has 0 atom stereocenters. The van der Waals surface area contributed by atoms with Crippen LogP contribution in [0.4, 0.5) is 5.69 Å². The van der Waals surface area contributed by atoms with Gasteiger partial charge in [-0.2, -0.15) is 0 Å². The van der Waals surface area contributed by atoms with E-state index in [0.717, 1.165) is 24.1 Å². The Morgan fingerprint density at radius 3 is 2.65 bits per heavy atom. The number of nitrogens with two attached hydrogens (primary N) is 1. The second-order valence-electron chi connectivity index (χ2n) is 5.27. The van der Waals surface area contributed by atoms with Crippen molar-refractivity contribution in [2.24, 2.45) is 0 Å². The minimum atomic E-state index is -0.165. The summed E-state index contributed by atoms with van der Waals surface area (Å²) in [5.74, 6) is -0.165. The summed E-state index contributed by atoms with van der Waals surface area (Å²) in [5, 5.41) is 0. The van der Waals surface area contributed by atoms with Gasteiger partial charge in [-0.15, -0.1) is 0 Å². The smallest absolute Gasteiger partial charge is 0.320 e. The predicted octanol–water partition coefficient (Wildman–Crippen LogP) is 2.82. The number of rotatable bonds is 8. The molecule has 0 heterocycles. The van der Waals surface area contributed by atoms with E-state index in [9.17, 15) is 4.79 Å². The zero-order valence-corrected chi connectivity index (χ0v) is 12.8. The quantitative estimate of drug-likeness (QED) is 0.451. The first-order valence-corrected chi connectivity index (χ1v) is 7.27. The Labute approximate surface area is 121 Å². The monoisotopic (exact) mass is 278 g/mol. The first-order valence-electron chi connectivity index (χ1n) is 7.27. The summed E-state index contributed by atoms with van der Waals surface area (Å²) in [6.45, 7) is 7.68. The highest BCUT2D eigenvalue weighted by molar-refractivity contribution is 5.71. The van der Waals surface area contributed by atoms with Gasteiger partial charge in [-0.25, -0.2) is 0 Å². The van der Waals surface area contributed by atoms with Crippen molar-refractivity contribution >= 4 is 11.7 Å². The van der Waals surface area contributed by atoms with Gasteiger partial charge in [0.2, 0.25) is 0 Å². The van der Waals surface area contributed by atoms with Crippen molar-refractivity contribution in [2.45, 2.75) is 46.2 Å². The number of hydrogen-bond acceptors (Lipinski definition) is 4. The molecule has 4 nitrogen and oxygen atoms in total. The SMILES string of the molecule is CCCCOC(=O)CN(Cc1ccccc1N)C(C)C. The minimum Gasteiger partial charge on any atom is -0.465 e. The average molecular weight is 278 g/mol. The second kappa shape index (κ2) is 8.59. The third-order valence-corrected chi connectivity index (χ3v) is 3.25. The Morgan fingerprint density at radius 2 is 2.05 bits per heavy atom. The van der Waals surface area contributed by atoms with E-state index < -0.39 is 0 Å². The minimum absolute atomic E-state index is 0.165. The number of esters is 1. The maximum atomic E-state index is 11.8. The molecule has 1 aromatic rings. The highest BCUT2D eigenvalue weighted by atomic mass is 16.5. The van der Waals surface area contributed by atoms with Crippen LogP contribution in [0.1, 0.15) is 39.2 Å². The van der Waals surface area contributed by atoms with Gasteiger partial charge in [0.1, 0.15) is 0 Å². The van der Waals surface area contributed by atoms with E-state index >= 15 is 0 Å². The van der Waals surface area contributed by atoms with Crippen molar-refractivity contribution in [1.82, 2.24) is 4.90 Å². The lowest BCUT2D eigenvalue weighted by molar-refractivity contribution is -0.145. The Hall–Kier alpha value is -1.55. The number of anilines is 1. The Bertz CT molecular complexity index is 419. The highest BCUT2D eigenvalue weighted by Crippen LogP contribution is 2.15. The molecule has 112 valence electrons. The topological polar surface area (TPSA) is 55.6 Å². The molecule has 0 aromatic heterocycles. The van der Waals surface area contributed by atoms with Crippen molar-refractivity contribution in [1.29, 1.82) is 0 Å². The van der Waals surface area contributed by atoms with Crippen molar-refractivity contribution in [3.8, 4) is 0 Å². The van der Waals surface area contributed by atoms with E-state index in [4.69, 9.17) is 10.5 Å². The number of hydrogen-bond donors (Lipinski definition) is 1. The lowest BCUT2D eigenvalue weighted by Gasteiger charge is -2.26. The van der Waals surface area contributed by atoms with E-state index in [1.165, 1.54) is 0 Å². The largest absolute Gasteiger partial charge is 0.465 e. The van der Waals surface area contributed by atoms with Crippen LogP contribution >= 0.6 is 0 Å². The van der Waals surface area contributed by atoms with E-state index in [0.29, 0.717) is 19.7 Å². The standard InChI is InChI=1S/C16H26N2O2/c1-4-5-10-20-16(19)12-18(13(2)3)11-14-8-6-7-9-15(14)17/h6-9,13H,4-5,10-12,17H2,1-3H3. The maximum absolute atomic E-state index is 11.8. The van der Waals surface area contributed by atoms with E-state index in [1.807, 2.05) is 24.3 Å². The van der Waals surface area contributed by atoms with Crippen molar-refractivity contribution in [3.63, 3.8) is 0 Å². The Morgan fingerprint density at radius 1 is 1.35 bits per heavy atom. The van der Waals surface area contributed by atoms with Crippen LogP contribution in [0.2, 0.25) is 0 Å². The molecule has 0 radical (unpaired) electrons. The molecule has 0 amide bonds. The fourth-order valence-corrected chi connectivity index (χ4v) is 1.86. The summed E-state index contributed by atoms with van der Waals surface area (Å²) in [5.41, 5.74) is 7.76. The van der Waals surface area contributed by atoms with Crippen LogP contribution in [0.3, 0.4) is 0 Å². The number of ether oxygens (including phenoxy) is 1. The predicted molar refractivity (Wildman–Crippen MR) is 82.3 cm³/mol. The molecular formula is C16H26N2O2. The summed E-state index contributed by atoms with van der Waals surface area (Å²) in [6.07, 6.45) is 1.95. The zero-order chi connectivity index (χ0) is 15.0. The van der Waals surface area contributed by atoms with E-state index in [-0.39, 0.29) is 12.0 Å². The molecule has 20 heavy (non-hydrogen) atoms. The van der Waals surface area contributed by atoms with Crippen LogP contribution in [0.25, 0.3) is 0 Å². The third kappa shape index (κ3) is 5.61. The van der Waals surface area contributed by atoms with Crippen molar-refractivity contribution < 1.29 is 9.53 Å².